The van der Waals surface area contributed by atoms with Gasteiger partial charge >= 0.3 is 21.7 Å². The molecule has 92 valence electrons. The summed E-state index contributed by atoms with van der Waals surface area (Å²) in [7, 11) is 2.41. The van der Waals surface area contributed by atoms with Gasteiger partial charge in [-0.3, -0.25) is 6.08 Å². The summed E-state index contributed by atoms with van der Waals surface area (Å²) in [6.45, 7) is 4.20. The third-order valence-electron chi connectivity index (χ3n) is 1.48. The standard InChI is InChI=1S/C6H8P.C5H5.2CH3O.Ti/c1-5-3-6(2)7-4-5;1-2-4-5-3-1;2*1-2;/h4,7H,1-2H3;1-3H,4H2;2*1H3;/q4*-1;+4. The van der Waals surface area contributed by atoms with Crippen LogP contribution in [0.3, 0.4) is 0 Å². The second-order valence-corrected chi connectivity index (χ2v) is 4.05. The first kappa shape index (κ1) is 22.1. The van der Waals surface area contributed by atoms with E-state index >= 15 is 0 Å². The number of allylic oxidation sites excluding steroid dienone is 4. The zero-order valence-corrected chi connectivity index (χ0v) is 13.4. The van der Waals surface area contributed by atoms with Crippen molar-refractivity contribution in [3.8, 4) is 0 Å². The van der Waals surface area contributed by atoms with Crippen LogP contribution in [0, 0.1) is 26.0 Å². The summed E-state index contributed by atoms with van der Waals surface area (Å²) in [6.07, 6.45) is 10.0. The zero-order chi connectivity index (χ0) is 12.8. The number of hydrogen-bond acceptors (Lipinski definition) is 2. The molecule has 4 heteroatoms. The van der Waals surface area contributed by atoms with Gasteiger partial charge in [0, 0.05) is 0 Å². The van der Waals surface area contributed by atoms with E-state index in [1.807, 2.05) is 12.2 Å². The van der Waals surface area contributed by atoms with Crippen LogP contribution >= 0.6 is 8.19 Å². The van der Waals surface area contributed by atoms with Crippen molar-refractivity contribution in [1.82, 2.24) is 0 Å². The number of aryl methyl sites for hydroxylation is 2. The second kappa shape index (κ2) is 18.3. The first-order valence-corrected chi connectivity index (χ1v) is 5.94. The largest absolute Gasteiger partial charge is 4.00 e. The van der Waals surface area contributed by atoms with E-state index in [4.69, 9.17) is 10.2 Å². The molecule has 2 rings (SSSR count). The molecule has 0 saturated heterocycles. The van der Waals surface area contributed by atoms with Crippen molar-refractivity contribution >= 4 is 8.19 Å². The molecule has 0 spiro atoms. The Kier molecular flexibility index (Phi) is 23.8. The number of hydrogen-bond donors (Lipinski definition) is 0. The van der Waals surface area contributed by atoms with E-state index in [1.54, 1.807) is 0 Å². The molecule has 0 amide bonds. The van der Waals surface area contributed by atoms with Gasteiger partial charge in [-0.05, 0) is 0 Å². The average molecular weight is 286 g/mol. The van der Waals surface area contributed by atoms with Gasteiger partial charge in [-0.2, -0.15) is 26.1 Å². The van der Waals surface area contributed by atoms with E-state index in [9.17, 15) is 0 Å². The van der Waals surface area contributed by atoms with E-state index in [2.05, 4.69) is 37.9 Å². The van der Waals surface area contributed by atoms with Crippen LogP contribution in [0.25, 0.3) is 0 Å². The minimum Gasteiger partial charge on any atom is -0.857 e. The van der Waals surface area contributed by atoms with Crippen molar-refractivity contribution in [3.63, 3.8) is 0 Å². The van der Waals surface area contributed by atoms with E-state index < -0.39 is 0 Å². The molecule has 0 radical (unpaired) electrons. The van der Waals surface area contributed by atoms with Crippen molar-refractivity contribution in [3.05, 3.63) is 47.0 Å². The predicted octanol–water partition coefficient (Wildman–Crippen LogP) is 1.39. The van der Waals surface area contributed by atoms with Gasteiger partial charge < -0.3 is 10.2 Å². The van der Waals surface area contributed by atoms with Gasteiger partial charge in [0.15, 0.2) is 0 Å². The first-order valence-electron chi connectivity index (χ1n) is 4.86. The van der Waals surface area contributed by atoms with E-state index in [0.717, 1.165) is 28.8 Å². The molecule has 0 bridgehead atoms. The Morgan fingerprint density at radius 1 is 1.18 bits per heavy atom. The van der Waals surface area contributed by atoms with Crippen LogP contribution in [0.2, 0.25) is 0 Å². The molecule has 0 aliphatic heterocycles. The Hall–Kier alpha value is -0.106. The molecule has 0 saturated carbocycles. The van der Waals surface area contributed by atoms with Crippen molar-refractivity contribution in [2.75, 3.05) is 14.2 Å². The zero-order valence-electron chi connectivity index (χ0n) is 10.8. The molecule has 0 fully saturated rings. The Morgan fingerprint density at radius 2 is 1.76 bits per heavy atom. The first-order chi connectivity index (χ1) is 7.79. The maximum Gasteiger partial charge on any atom is 4.00 e. The summed E-state index contributed by atoms with van der Waals surface area (Å²) < 4.78 is 0. The van der Waals surface area contributed by atoms with Gasteiger partial charge in [-0.1, -0.05) is 13.8 Å². The van der Waals surface area contributed by atoms with Crippen molar-refractivity contribution < 1.29 is 31.9 Å². The quantitative estimate of drug-likeness (QED) is 0.534. The van der Waals surface area contributed by atoms with Gasteiger partial charge in [0.25, 0.3) is 0 Å². The monoisotopic (exact) mass is 286 g/mol. The third kappa shape index (κ3) is 15.9. The Morgan fingerprint density at radius 3 is 1.88 bits per heavy atom. The molecule has 1 aliphatic rings. The molecule has 1 aromatic heterocycles. The van der Waals surface area contributed by atoms with Gasteiger partial charge in [-0.15, -0.1) is 11.7 Å². The molecule has 1 aromatic rings. The summed E-state index contributed by atoms with van der Waals surface area (Å²) in [6, 6.07) is 3.21. The topological polar surface area (TPSA) is 46.1 Å². The van der Waals surface area contributed by atoms with E-state index in [0.29, 0.717) is 0 Å². The van der Waals surface area contributed by atoms with Crippen LogP contribution in [-0.4, -0.2) is 14.2 Å². The Balaban J connectivity index is -0.000000175. The Labute approximate surface area is 121 Å². The van der Waals surface area contributed by atoms with Crippen LogP contribution in [0.1, 0.15) is 17.3 Å². The van der Waals surface area contributed by atoms with Crippen LogP contribution in [0.15, 0.2) is 24.0 Å². The van der Waals surface area contributed by atoms with Crippen molar-refractivity contribution in [1.29, 1.82) is 0 Å². The van der Waals surface area contributed by atoms with Gasteiger partial charge in [0.2, 0.25) is 0 Å². The van der Waals surface area contributed by atoms with Gasteiger partial charge in [-0.25, -0.2) is 32.0 Å². The third-order valence-corrected chi connectivity index (χ3v) is 2.61. The van der Waals surface area contributed by atoms with Crippen LogP contribution in [0.5, 0.6) is 0 Å². The molecular weight excluding hydrogens is 267 g/mol. The minimum absolute atomic E-state index is 0. The molecule has 1 atom stereocenters. The minimum atomic E-state index is 0. The van der Waals surface area contributed by atoms with Crippen molar-refractivity contribution in [2.24, 2.45) is 0 Å². The van der Waals surface area contributed by atoms with Gasteiger partial charge in [0.1, 0.15) is 0 Å². The summed E-state index contributed by atoms with van der Waals surface area (Å²) in [5.74, 6) is 2.22. The Bertz CT molecular complexity index is 267. The van der Waals surface area contributed by atoms with Crippen molar-refractivity contribution in [2.45, 2.75) is 20.3 Å². The maximum atomic E-state index is 8.25. The fraction of sp³-hybridized carbons (Fsp3) is 0.385. The van der Waals surface area contributed by atoms with Crippen LogP contribution in [0.4, 0.5) is 0 Å². The molecule has 0 aromatic carbocycles. The van der Waals surface area contributed by atoms with Gasteiger partial charge in [0.05, 0.1) is 0 Å². The van der Waals surface area contributed by atoms with E-state index in [-0.39, 0.29) is 21.7 Å². The molecule has 17 heavy (non-hydrogen) atoms. The smallest absolute Gasteiger partial charge is 0.857 e. The number of rotatable bonds is 0. The van der Waals surface area contributed by atoms with E-state index in [1.165, 1.54) is 10.9 Å². The fourth-order valence-corrected chi connectivity index (χ4v) is 1.70. The predicted molar refractivity (Wildman–Crippen MR) is 67.7 cm³/mol. The molecule has 2 nitrogen and oxygen atoms in total. The fourth-order valence-electron chi connectivity index (χ4n) is 0.925. The SMILES string of the molecule is C[O-].C[O-].Cc1[c-]c(C)[pH]c1.[C-]1=CC=CC1.[Ti+4]. The maximum absolute atomic E-state index is 8.25. The normalized spacial score (nSPS) is 10.2. The van der Waals surface area contributed by atoms with Crippen LogP contribution < -0.4 is 10.2 Å². The molecule has 1 aliphatic carbocycles. The second-order valence-electron chi connectivity index (χ2n) is 2.72. The molecule has 1 unspecified atom stereocenters. The molecular formula is C13H19O2PTi. The summed E-state index contributed by atoms with van der Waals surface area (Å²) >= 11 is 0. The molecule has 0 N–H and O–H groups in total. The summed E-state index contributed by atoms with van der Waals surface area (Å²) in [5.41, 5.74) is 1.30. The molecule has 1 heterocycles. The summed E-state index contributed by atoms with van der Waals surface area (Å²) in [5, 5.41) is 17.9. The summed E-state index contributed by atoms with van der Waals surface area (Å²) in [4.78, 5) is 0. The van der Waals surface area contributed by atoms with Crippen LogP contribution in [-0.2, 0) is 21.7 Å². The average Bonchev–Trinajstić information content (AvgIpc) is 2.99.